The van der Waals surface area contributed by atoms with Crippen LogP contribution >= 0.6 is 0 Å². The van der Waals surface area contributed by atoms with Gasteiger partial charge in [0.25, 0.3) is 5.91 Å². The molecule has 0 bridgehead atoms. The highest BCUT2D eigenvalue weighted by atomic mass is 16.1. The molecule has 3 N–H and O–H groups in total. The SMILES string of the molecule is CCNC(=O)c1cccc(CNC(=NC)NC2CCN(c3ccc(C)cc3)C2)c1. The minimum absolute atomic E-state index is 0.0426. The number of hydrogen-bond donors (Lipinski definition) is 3. The second kappa shape index (κ2) is 9.96. The summed E-state index contributed by atoms with van der Waals surface area (Å²) in [6.07, 6.45) is 1.07. The minimum Gasteiger partial charge on any atom is -0.369 e. The Labute approximate surface area is 173 Å². The molecule has 1 aliphatic rings. The number of nitrogens with zero attached hydrogens (tertiary/aromatic N) is 2. The van der Waals surface area contributed by atoms with E-state index in [9.17, 15) is 4.79 Å². The van der Waals surface area contributed by atoms with Gasteiger partial charge >= 0.3 is 0 Å². The molecule has 6 nitrogen and oxygen atoms in total. The molecule has 154 valence electrons. The first kappa shape index (κ1) is 20.7. The fraction of sp³-hybridized carbons (Fsp3) is 0.391. The molecule has 1 amide bonds. The lowest BCUT2D eigenvalue weighted by atomic mass is 10.1. The molecule has 0 aliphatic carbocycles. The van der Waals surface area contributed by atoms with Crippen molar-refractivity contribution in [3.63, 3.8) is 0 Å². The number of aliphatic imine (C=N–C) groups is 1. The van der Waals surface area contributed by atoms with Crippen LogP contribution in [-0.4, -0.2) is 44.6 Å². The molecule has 1 aliphatic heterocycles. The molecule has 0 radical (unpaired) electrons. The summed E-state index contributed by atoms with van der Waals surface area (Å²) in [6.45, 7) is 7.25. The lowest BCUT2D eigenvalue weighted by molar-refractivity contribution is 0.0955. The number of hydrogen-bond acceptors (Lipinski definition) is 3. The van der Waals surface area contributed by atoms with E-state index in [-0.39, 0.29) is 5.91 Å². The van der Waals surface area contributed by atoms with Crippen LogP contribution in [0, 0.1) is 6.92 Å². The monoisotopic (exact) mass is 393 g/mol. The summed E-state index contributed by atoms with van der Waals surface area (Å²) in [5, 5.41) is 9.72. The van der Waals surface area contributed by atoms with Gasteiger partial charge in [0.05, 0.1) is 0 Å². The van der Waals surface area contributed by atoms with Gasteiger partial charge in [0.15, 0.2) is 5.96 Å². The standard InChI is InChI=1S/C23H31N5O/c1-4-25-22(29)19-7-5-6-18(14-19)15-26-23(24-3)27-20-12-13-28(16-20)21-10-8-17(2)9-11-21/h5-11,14,20H,4,12-13,15-16H2,1-3H3,(H,25,29)(H2,24,26,27). The summed E-state index contributed by atoms with van der Waals surface area (Å²) in [5.74, 6) is 0.739. The lowest BCUT2D eigenvalue weighted by Gasteiger charge is -2.20. The van der Waals surface area contributed by atoms with Crippen molar-refractivity contribution in [2.75, 3.05) is 31.6 Å². The number of carbonyl (C=O) groups is 1. The van der Waals surface area contributed by atoms with Crippen LogP contribution in [0.3, 0.4) is 0 Å². The van der Waals surface area contributed by atoms with E-state index >= 15 is 0 Å². The zero-order valence-electron chi connectivity index (χ0n) is 17.5. The van der Waals surface area contributed by atoms with Gasteiger partial charge in [0, 0.05) is 50.5 Å². The summed E-state index contributed by atoms with van der Waals surface area (Å²) < 4.78 is 0. The molecule has 2 aromatic carbocycles. The number of benzene rings is 2. The molecule has 0 aromatic heterocycles. The highest BCUT2D eigenvalue weighted by Gasteiger charge is 2.23. The van der Waals surface area contributed by atoms with Crippen molar-refractivity contribution in [3.8, 4) is 0 Å². The minimum atomic E-state index is -0.0426. The zero-order valence-corrected chi connectivity index (χ0v) is 17.5. The molecular formula is C23H31N5O. The van der Waals surface area contributed by atoms with Crippen LogP contribution in [0.2, 0.25) is 0 Å². The number of nitrogens with one attached hydrogen (secondary N) is 3. The molecule has 3 rings (SSSR count). The van der Waals surface area contributed by atoms with Gasteiger partial charge in [-0.3, -0.25) is 9.79 Å². The Bertz CT molecular complexity index is 847. The average molecular weight is 394 g/mol. The van der Waals surface area contributed by atoms with Gasteiger partial charge in [-0.1, -0.05) is 29.8 Å². The highest BCUT2D eigenvalue weighted by Crippen LogP contribution is 2.20. The predicted octanol–water partition coefficient (Wildman–Crippen LogP) is 2.69. The molecule has 6 heteroatoms. The first-order chi connectivity index (χ1) is 14.1. The number of anilines is 1. The summed E-state index contributed by atoms with van der Waals surface area (Å²) in [4.78, 5) is 18.8. The smallest absolute Gasteiger partial charge is 0.251 e. The van der Waals surface area contributed by atoms with E-state index < -0.39 is 0 Å². The van der Waals surface area contributed by atoms with E-state index in [0.717, 1.165) is 31.0 Å². The Morgan fingerprint density at radius 2 is 1.97 bits per heavy atom. The first-order valence-electron chi connectivity index (χ1n) is 10.2. The van der Waals surface area contributed by atoms with E-state index in [4.69, 9.17) is 0 Å². The van der Waals surface area contributed by atoms with E-state index in [0.29, 0.717) is 24.7 Å². The van der Waals surface area contributed by atoms with Crippen LogP contribution in [0.4, 0.5) is 5.69 Å². The van der Waals surface area contributed by atoms with Gasteiger partial charge in [0.1, 0.15) is 0 Å². The maximum Gasteiger partial charge on any atom is 0.251 e. The van der Waals surface area contributed by atoms with Crippen LogP contribution in [0.5, 0.6) is 0 Å². The molecule has 1 unspecified atom stereocenters. The third-order valence-electron chi connectivity index (χ3n) is 5.14. The highest BCUT2D eigenvalue weighted by molar-refractivity contribution is 5.94. The van der Waals surface area contributed by atoms with E-state index in [1.807, 2.05) is 31.2 Å². The van der Waals surface area contributed by atoms with Crippen molar-refractivity contribution in [2.24, 2.45) is 4.99 Å². The fourth-order valence-electron chi connectivity index (χ4n) is 3.53. The van der Waals surface area contributed by atoms with Crippen LogP contribution in [0.15, 0.2) is 53.5 Å². The Hall–Kier alpha value is -3.02. The molecule has 0 saturated carbocycles. The van der Waals surface area contributed by atoms with E-state index in [1.165, 1.54) is 11.3 Å². The second-order valence-electron chi connectivity index (χ2n) is 7.40. The zero-order chi connectivity index (χ0) is 20.6. The predicted molar refractivity (Wildman–Crippen MR) is 120 cm³/mol. The number of rotatable bonds is 6. The number of guanidine groups is 1. The molecule has 1 heterocycles. The normalized spacial score (nSPS) is 16.6. The van der Waals surface area contributed by atoms with Crippen molar-refractivity contribution >= 4 is 17.6 Å². The lowest BCUT2D eigenvalue weighted by Crippen LogP contribution is -2.44. The molecule has 1 atom stereocenters. The van der Waals surface area contributed by atoms with E-state index in [1.54, 1.807) is 7.05 Å². The Morgan fingerprint density at radius 1 is 1.17 bits per heavy atom. The van der Waals surface area contributed by atoms with Gasteiger partial charge in [-0.05, 0) is 50.1 Å². The Balaban J connectivity index is 1.52. The Kier molecular flexibility index (Phi) is 7.11. The van der Waals surface area contributed by atoms with Gasteiger partial charge in [-0.15, -0.1) is 0 Å². The molecule has 1 saturated heterocycles. The van der Waals surface area contributed by atoms with Crippen LogP contribution < -0.4 is 20.9 Å². The molecular weight excluding hydrogens is 362 g/mol. The summed E-state index contributed by atoms with van der Waals surface area (Å²) in [7, 11) is 1.78. The largest absolute Gasteiger partial charge is 0.369 e. The number of aryl methyl sites for hydroxylation is 1. The third-order valence-corrected chi connectivity index (χ3v) is 5.14. The summed E-state index contributed by atoms with van der Waals surface area (Å²) in [6, 6.07) is 16.7. The topological polar surface area (TPSA) is 68.8 Å². The average Bonchev–Trinajstić information content (AvgIpc) is 3.20. The van der Waals surface area contributed by atoms with Gasteiger partial charge in [-0.25, -0.2) is 0 Å². The quantitative estimate of drug-likeness (QED) is 0.521. The maximum atomic E-state index is 12.0. The fourth-order valence-corrected chi connectivity index (χ4v) is 3.53. The third kappa shape index (κ3) is 5.73. The molecule has 2 aromatic rings. The molecule has 0 spiro atoms. The van der Waals surface area contributed by atoms with Gasteiger partial charge in [-0.2, -0.15) is 0 Å². The second-order valence-corrected chi connectivity index (χ2v) is 7.40. The summed E-state index contributed by atoms with van der Waals surface area (Å²) >= 11 is 0. The van der Waals surface area contributed by atoms with Crippen LogP contribution in [0.1, 0.15) is 34.8 Å². The number of amides is 1. The van der Waals surface area contributed by atoms with E-state index in [2.05, 4.69) is 57.0 Å². The van der Waals surface area contributed by atoms with Crippen molar-refractivity contribution in [2.45, 2.75) is 32.9 Å². The van der Waals surface area contributed by atoms with Crippen LogP contribution in [0.25, 0.3) is 0 Å². The molecule has 29 heavy (non-hydrogen) atoms. The molecule has 1 fully saturated rings. The van der Waals surface area contributed by atoms with Crippen molar-refractivity contribution in [1.82, 2.24) is 16.0 Å². The van der Waals surface area contributed by atoms with Gasteiger partial charge < -0.3 is 20.9 Å². The van der Waals surface area contributed by atoms with Gasteiger partial charge in [0.2, 0.25) is 0 Å². The first-order valence-corrected chi connectivity index (χ1v) is 10.2. The van der Waals surface area contributed by atoms with Crippen LogP contribution in [-0.2, 0) is 6.54 Å². The maximum absolute atomic E-state index is 12.0. The summed E-state index contributed by atoms with van der Waals surface area (Å²) in [5.41, 5.74) is 4.27. The van der Waals surface area contributed by atoms with Crippen molar-refractivity contribution in [3.05, 3.63) is 65.2 Å². The number of carbonyl (C=O) groups excluding carboxylic acids is 1. The van der Waals surface area contributed by atoms with Crippen molar-refractivity contribution in [1.29, 1.82) is 0 Å². The van der Waals surface area contributed by atoms with Crippen molar-refractivity contribution < 1.29 is 4.79 Å². The Morgan fingerprint density at radius 3 is 2.69 bits per heavy atom.